The molecule has 3 atom stereocenters. The van der Waals surface area contributed by atoms with E-state index >= 15 is 0 Å². The summed E-state index contributed by atoms with van der Waals surface area (Å²) in [6, 6.07) is 0. The van der Waals surface area contributed by atoms with Gasteiger partial charge in [-0.25, -0.2) is 0 Å². The van der Waals surface area contributed by atoms with E-state index in [-0.39, 0.29) is 5.41 Å². The summed E-state index contributed by atoms with van der Waals surface area (Å²) >= 11 is 0. The molecule has 0 aromatic heterocycles. The molecule has 2 nitrogen and oxygen atoms in total. The highest BCUT2D eigenvalue weighted by atomic mass is 16.5. The topological polar surface area (TPSA) is 26.3 Å². The maximum absolute atomic E-state index is 11.9. The molecule has 17 heavy (non-hydrogen) atoms. The predicted molar refractivity (Wildman–Crippen MR) is 71.0 cm³/mol. The number of carbonyl (C=O) groups is 1. The molecule has 0 amide bonds. The molecule has 0 aliphatic heterocycles. The minimum absolute atomic E-state index is 0.131. The lowest BCUT2D eigenvalue weighted by atomic mass is 9.62. The number of ether oxygens (including phenoxy) is 1. The van der Waals surface area contributed by atoms with E-state index in [0.29, 0.717) is 23.5 Å². The first kappa shape index (κ1) is 14.7. The van der Waals surface area contributed by atoms with Crippen LogP contribution in [-0.4, -0.2) is 19.5 Å². The lowest BCUT2D eigenvalue weighted by Crippen LogP contribution is -2.41. The van der Waals surface area contributed by atoms with E-state index < -0.39 is 0 Å². The molecule has 0 radical (unpaired) electrons. The van der Waals surface area contributed by atoms with Crippen molar-refractivity contribution in [1.29, 1.82) is 0 Å². The third kappa shape index (κ3) is 3.31. The normalized spacial score (nSPS) is 30.3. The second-order valence-electron chi connectivity index (χ2n) is 6.20. The number of Topliss-reactive ketones (excluding diaryl/α,β-unsaturated/α-hetero) is 1. The molecule has 0 aromatic rings. The summed E-state index contributed by atoms with van der Waals surface area (Å²) in [5.41, 5.74) is -0.131. The first-order chi connectivity index (χ1) is 7.93. The molecule has 0 aromatic carbocycles. The lowest BCUT2D eigenvalue weighted by molar-refractivity contribution is -0.135. The Morgan fingerprint density at radius 1 is 1.47 bits per heavy atom. The quantitative estimate of drug-likeness (QED) is 0.732. The molecular formula is C15H28O2. The SMILES string of the molecule is CCC(COC)CC1CCC(=O)C(C)(C)C1C. The second-order valence-corrected chi connectivity index (χ2v) is 6.20. The zero-order chi connectivity index (χ0) is 13.1. The Kier molecular flexibility index (Phi) is 5.18. The van der Waals surface area contributed by atoms with Crippen LogP contribution in [0.15, 0.2) is 0 Å². The van der Waals surface area contributed by atoms with Gasteiger partial charge in [-0.15, -0.1) is 0 Å². The van der Waals surface area contributed by atoms with Gasteiger partial charge in [0.1, 0.15) is 5.78 Å². The highest BCUT2D eigenvalue weighted by molar-refractivity contribution is 5.85. The summed E-state index contributed by atoms with van der Waals surface area (Å²) in [4.78, 5) is 11.9. The molecule has 0 N–H and O–H groups in total. The van der Waals surface area contributed by atoms with Gasteiger partial charge in [0.25, 0.3) is 0 Å². The van der Waals surface area contributed by atoms with Crippen LogP contribution in [0.2, 0.25) is 0 Å². The standard InChI is InChI=1S/C15H28O2/c1-6-12(10-17-5)9-13-7-8-14(16)15(3,4)11(13)2/h11-13H,6-10H2,1-5H3. The number of hydrogen-bond acceptors (Lipinski definition) is 2. The summed E-state index contributed by atoms with van der Waals surface area (Å²) in [7, 11) is 1.78. The maximum Gasteiger partial charge on any atom is 0.138 e. The Morgan fingerprint density at radius 3 is 2.65 bits per heavy atom. The van der Waals surface area contributed by atoms with Gasteiger partial charge in [0.15, 0.2) is 0 Å². The molecule has 100 valence electrons. The van der Waals surface area contributed by atoms with Gasteiger partial charge >= 0.3 is 0 Å². The fourth-order valence-corrected chi connectivity index (χ4v) is 3.07. The zero-order valence-corrected chi connectivity index (χ0v) is 12.1. The number of ketones is 1. The van der Waals surface area contributed by atoms with Crippen molar-refractivity contribution in [2.24, 2.45) is 23.2 Å². The van der Waals surface area contributed by atoms with Crippen molar-refractivity contribution in [2.45, 2.75) is 53.4 Å². The van der Waals surface area contributed by atoms with Crippen molar-refractivity contribution in [3.63, 3.8) is 0 Å². The summed E-state index contributed by atoms with van der Waals surface area (Å²) in [5.74, 6) is 2.27. The fourth-order valence-electron chi connectivity index (χ4n) is 3.07. The van der Waals surface area contributed by atoms with Crippen molar-refractivity contribution in [3.8, 4) is 0 Å². The molecule has 0 saturated heterocycles. The van der Waals surface area contributed by atoms with E-state index in [1.54, 1.807) is 7.11 Å². The summed E-state index contributed by atoms with van der Waals surface area (Å²) in [6.45, 7) is 9.57. The van der Waals surface area contributed by atoms with Crippen molar-refractivity contribution in [3.05, 3.63) is 0 Å². The third-order valence-electron chi connectivity index (χ3n) is 4.92. The monoisotopic (exact) mass is 240 g/mol. The smallest absolute Gasteiger partial charge is 0.138 e. The fraction of sp³-hybridized carbons (Fsp3) is 0.933. The van der Waals surface area contributed by atoms with Crippen LogP contribution in [-0.2, 0) is 9.53 Å². The number of hydrogen-bond donors (Lipinski definition) is 0. The molecule has 0 heterocycles. The second kappa shape index (κ2) is 5.99. The molecule has 1 fully saturated rings. The van der Waals surface area contributed by atoms with Crippen molar-refractivity contribution >= 4 is 5.78 Å². The van der Waals surface area contributed by atoms with E-state index in [0.717, 1.165) is 19.4 Å². The van der Waals surface area contributed by atoms with Crippen molar-refractivity contribution in [2.75, 3.05) is 13.7 Å². The Bertz CT molecular complexity index is 258. The van der Waals surface area contributed by atoms with Crippen LogP contribution < -0.4 is 0 Å². The van der Waals surface area contributed by atoms with Gasteiger partial charge in [0.05, 0.1) is 0 Å². The average Bonchev–Trinajstić information content (AvgIpc) is 2.29. The highest BCUT2D eigenvalue weighted by Gasteiger charge is 2.42. The van der Waals surface area contributed by atoms with Gasteiger partial charge in [-0.1, -0.05) is 34.1 Å². The van der Waals surface area contributed by atoms with E-state index in [9.17, 15) is 4.79 Å². The van der Waals surface area contributed by atoms with Crippen LogP contribution in [0.3, 0.4) is 0 Å². The molecule has 1 rings (SSSR count). The molecule has 2 heteroatoms. The van der Waals surface area contributed by atoms with Gasteiger partial charge in [0.2, 0.25) is 0 Å². The number of rotatable bonds is 5. The molecule has 0 bridgehead atoms. The van der Waals surface area contributed by atoms with Crippen molar-refractivity contribution in [1.82, 2.24) is 0 Å². The van der Waals surface area contributed by atoms with E-state index in [2.05, 4.69) is 27.7 Å². The van der Waals surface area contributed by atoms with Gasteiger partial charge < -0.3 is 4.74 Å². The van der Waals surface area contributed by atoms with Crippen molar-refractivity contribution < 1.29 is 9.53 Å². The minimum Gasteiger partial charge on any atom is -0.384 e. The van der Waals surface area contributed by atoms with Gasteiger partial charge in [-0.3, -0.25) is 4.79 Å². The van der Waals surface area contributed by atoms with Crippen LogP contribution >= 0.6 is 0 Å². The van der Waals surface area contributed by atoms with Gasteiger partial charge in [-0.05, 0) is 30.6 Å². The molecular weight excluding hydrogens is 212 g/mol. The van der Waals surface area contributed by atoms with Gasteiger partial charge in [0, 0.05) is 25.6 Å². The Balaban J connectivity index is 2.63. The van der Waals surface area contributed by atoms with Gasteiger partial charge in [-0.2, -0.15) is 0 Å². The zero-order valence-electron chi connectivity index (χ0n) is 12.1. The predicted octanol–water partition coefficient (Wildman–Crippen LogP) is 3.69. The van der Waals surface area contributed by atoms with E-state index in [1.807, 2.05) is 0 Å². The molecule has 1 aliphatic rings. The molecule has 1 saturated carbocycles. The van der Waals surface area contributed by atoms with Crippen LogP contribution in [0.4, 0.5) is 0 Å². The Morgan fingerprint density at radius 2 is 2.12 bits per heavy atom. The first-order valence-corrected chi connectivity index (χ1v) is 6.95. The lowest BCUT2D eigenvalue weighted by Gasteiger charge is -2.42. The number of methoxy groups -OCH3 is 1. The van der Waals surface area contributed by atoms with E-state index in [1.165, 1.54) is 12.8 Å². The minimum atomic E-state index is -0.131. The van der Waals surface area contributed by atoms with Crippen LogP contribution in [0.1, 0.15) is 53.4 Å². The molecule has 0 spiro atoms. The highest BCUT2D eigenvalue weighted by Crippen LogP contribution is 2.44. The molecule has 1 aliphatic carbocycles. The average molecular weight is 240 g/mol. The maximum atomic E-state index is 11.9. The summed E-state index contributed by atoms with van der Waals surface area (Å²) < 4.78 is 5.28. The first-order valence-electron chi connectivity index (χ1n) is 6.95. The van der Waals surface area contributed by atoms with E-state index in [4.69, 9.17) is 4.74 Å². The van der Waals surface area contributed by atoms with Crippen LogP contribution in [0, 0.1) is 23.2 Å². The van der Waals surface area contributed by atoms with Crippen LogP contribution in [0.25, 0.3) is 0 Å². The van der Waals surface area contributed by atoms with Crippen LogP contribution in [0.5, 0.6) is 0 Å². The third-order valence-corrected chi connectivity index (χ3v) is 4.92. The summed E-state index contributed by atoms with van der Waals surface area (Å²) in [5, 5.41) is 0. The number of carbonyl (C=O) groups excluding carboxylic acids is 1. The largest absolute Gasteiger partial charge is 0.384 e. The Hall–Kier alpha value is -0.370. The molecule has 3 unspecified atom stereocenters. The summed E-state index contributed by atoms with van der Waals surface area (Å²) in [6.07, 6.45) is 4.22. The Labute approximate surface area is 106 Å².